The maximum Gasteiger partial charge on any atom is 0.138 e. The van der Waals surface area contributed by atoms with E-state index < -0.39 is 0 Å². The molecule has 0 amide bonds. The molecule has 0 aliphatic heterocycles. The third-order valence-electron chi connectivity index (χ3n) is 5.71. The van der Waals surface area contributed by atoms with Gasteiger partial charge in [0, 0.05) is 31.0 Å². The van der Waals surface area contributed by atoms with Crippen LogP contribution in [0, 0.1) is 15.4 Å². The third-order valence-corrected chi connectivity index (χ3v) is 6.38. The molecule has 1 heterocycles. The highest BCUT2D eigenvalue weighted by atomic mass is 127. The lowest BCUT2D eigenvalue weighted by Gasteiger charge is -2.06. The lowest BCUT2D eigenvalue weighted by Crippen LogP contribution is -1.83. The van der Waals surface area contributed by atoms with Crippen LogP contribution < -0.4 is 0 Å². The van der Waals surface area contributed by atoms with Crippen molar-refractivity contribution in [1.82, 2.24) is 9.97 Å². The van der Waals surface area contributed by atoms with E-state index >= 15 is 0 Å². The average Bonchev–Trinajstić information content (AvgIpc) is 3.30. The molecule has 2 nitrogen and oxygen atoms in total. The summed E-state index contributed by atoms with van der Waals surface area (Å²) in [5, 5.41) is 4.85. The zero-order chi connectivity index (χ0) is 21.5. The van der Waals surface area contributed by atoms with E-state index in [1.165, 1.54) is 25.1 Å². The number of rotatable bonds is 1. The van der Waals surface area contributed by atoms with Crippen molar-refractivity contribution in [3.8, 4) is 23.2 Å². The molecule has 1 aromatic heterocycles. The number of nitrogens with zero attached hydrogens (tertiary/aromatic N) is 1. The molecule has 1 N–H and O–H groups in total. The average molecular weight is 520 g/mol. The van der Waals surface area contributed by atoms with Gasteiger partial charge in [-0.1, -0.05) is 72.5 Å². The monoisotopic (exact) mass is 520 g/mol. The van der Waals surface area contributed by atoms with Crippen molar-refractivity contribution in [2.75, 3.05) is 0 Å². The fourth-order valence-electron chi connectivity index (χ4n) is 4.16. The summed E-state index contributed by atoms with van der Waals surface area (Å²) in [5.41, 5.74) is 5.15. The highest BCUT2D eigenvalue weighted by Gasteiger charge is 2.14. The fraction of sp³-hybridized carbons (Fsp3) is 0. The first kappa shape index (κ1) is 19.1. The molecule has 0 spiro atoms. The molecule has 6 aromatic rings. The Morgan fingerprint density at radius 2 is 1.28 bits per heavy atom. The van der Waals surface area contributed by atoms with Gasteiger partial charge in [0.05, 0.1) is 11.0 Å². The van der Waals surface area contributed by atoms with Crippen LogP contribution in [0.3, 0.4) is 0 Å². The Kier molecular flexibility index (Phi) is 4.66. The highest BCUT2D eigenvalue weighted by Crippen LogP contribution is 2.35. The molecule has 0 atom stereocenters. The van der Waals surface area contributed by atoms with Crippen LogP contribution in [0.4, 0.5) is 0 Å². The summed E-state index contributed by atoms with van der Waals surface area (Å²) in [4.78, 5) is 8.62. The summed E-state index contributed by atoms with van der Waals surface area (Å²) in [6.45, 7) is 0. The van der Waals surface area contributed by atoms with Gasteiger partial charge < -0.3 is 4.98 Å². The minimum atomic E-state index is 0.874. The van der Waals surface area contributed by atoms with Crippen molar-refractivity contribution in [2.24, 2.45) is 0 Å². The molecule has 0 fully saturated rings. The van der Waals surface area contributed by atoms with Crippen molar-refractivity contribution in [2.45, 2.75) is 0 Å². The number of aromatic nitrogens is 2. The molecule has 5 aromatic carbocycles. The molecule has 0 bridgehead atoms. The van der Waals surface area contributed by atoms with E-state index in [-0.39, 0.29) is 0 Å². The van der Waals surface area contributed by atoms with Crippen LogP contribution in [0.15, 0.2) is 97.1 Å². The summed E-state index contributed by atoms with van der Waals surface area (Å²) in [6.07, 6.45) is 0. The molecular formula is C29H17IN2. The normalized spacial score (nSPS) is 11.0. The fourth-order valence-corrected chi connectivity index (χ4v) is 4.65. The number of hydrogen-bond acceptors (Lipinski definition) is 1. The van der Waals surface area contributed by atoms with Crippen LogP contribution in [0.2, 0.25) is 0 Å². The van der Waals surface area contributed by atoms with Crippen molar-refractivity contribution >= 4 is 55.2 Å². The number of benzene rings is 5. The Morgan fingerprint density at radius 3 is 2.06 bits per heavy atom. The van der Waals surface area contributed by atoms with Gasteiger partial charge in [-0.2, -0.15) is 0 Å². The molecule has 32 heavy (non-hydrogen) atoms. The third kappa shape index (κ3) is 3.34. The molecule has 0 aliphatic carbocycles. The summed E-state index contributed by atoms with van der Waals surface area (Å²) >= 11 is 2.37. The first-order valence-corrected chi connectivity index (χ1v) is 11.5. The van der Waals surface area contributed by atoms with Crippen molar-refractivity contribution in [3.63, 3.8) is 0 Å². The van der Waals surface area contributed by atoms with Gasteiger partial charge >= 0.3 is 0 Å². The SMILES string of the molecule is Ic1ccc2c3ccccc3c3[nH]c(-c4ccc(C#Cc5ccccc5)cc4)nc3c2c1. The molecule has 0 saturated heterocycles. The summed E-state index contributed by atoms with van der Waals surface area (Å²) in [6, 6.07) is 33.4. The summed E-state index contributed by atoms with van der Waals surface area (Å²) in [5.74, 6) is 7.33. The molecule has 0 unspecified atom stereocenters. The predicted molar refractivity (Wildman–Crippen MR) is 142 cm³/mol. The van der Waals surface area contributed by atoms with Gasteiger partial charge in [0.15, 0.2) is 0 Å². The predicted octanol–water partition coefficient (Wildman–Crippen LogP) is 7.54. The Labute approximate surface area is 199 Å². The smallest absolute Gasteiger partial charge is 0.138 e. The summed E-state index contributed by atoms with van der Waals surface area (Å²) < 4.78 is 1.21. The van der Waals surface area contributed by atoms with Crippen molar-refractivity contribution in [3.05, 3.63) is 112 Å². The second-order valence-corrected chi connectivity index (χ2v) is 8.98. The van der Waals surface area contributed by atoms with Gasteiger partial charge in [0.25, 0.3) is 0 Å². The van der Waals surface area contributed by atoms with Gasteiger partial charge in [0.2, 0.25) is 0 Å². The van der Waals surface area contributed by atoms with Gasteiger partial charge in [-0.3, -0.25) is 0 Å². The van der Waals surface area contributed by atoms with Crippen LogP contribution in [0.25, 0.3) is 44.0 Å². The van der Waals surface area contributed by atoms with E-state index in [4.69, 9.17) is 4.98 Å². The molecular weight excluding hydrogens is 503 g/mol. The van der Waals surface area contributed by atoms with Crippen LogP contribution in [0.5, 0.6) is 0 Å². The zero-order valence-corrected chi connectivity index (χ0v) is 19.2. The Morgan fingerprint density at radius 1 is 0.625 bits per heavy atom. The second-order valence-electron chi connectivity index (χ2n) is 7.74. The van der Waals surface area contributed by atoms with E-state index in [1.807, 2.05) is 30.3 Å². The van der Waals surface area contributed by atoms with Gasteiger partial charge in [0.1, 0.15) is 5.82 Å². The first-order chi connectivity index (χ1) is 15.8. The Bertz CT molecular complexity index is 1670. The Hall–Kier alpha value is -3.62. The van der Waals surface area contributed by atoms with E-state index in [1.54, 1.807) is 0 Å². The molecule has 150 valence electrons. The summed E-state index contributed by atoms with van der Waals surface area (Å²) in [7, 11) is 0. The van der Waals surface area contributed by atoms with Gasteiger partial charge in [-0.15, -0.1) is 0 Å². The molecule has 6 rings (SSSR count). The highest BCUT2D eigenvalue weighted by molar-refractivity contribution is 14.1. The van der Waals surface area contributed by atoms with Crippen LogP contribution in [0.1, 0.15) is 11.1 Å². The molecule has 0 saturated carbocycles. The van der Waals surface area contributed by atoms with Crippen LogP contribution in [-0.2, 0) is 0 Å². The number of H-pyrrole nitrogens is 1. The van der Waals surface area contributed by atoms with Crippen molar-refractivity contribution in [1.29, 1.82) is 0 Å². The lowest BCUT2D eigenvalue weighted by molar-refractivity contribution is 1.34. The number of halogens is 1. The largest absolute Gasteiger partial charge is 0.337 e. The number of fused-ring (bicyclic) bond motifs is 6. The lowest BCUT2D eigenvalue weighted by atomic mass is 10.0. The zero-order valence-electron chi connectivity index (χ0n) is 17.1. The second kappa shape index (κ2) is 7.81. The van der Waals surface area contributed by atoms with Gasteiger partial charge in [-0.05, 0) is 69.8 Å². The van der Waals surface area contributed by atoms with E-state index in [9.17, 15) is 0 Å². The number of aromatic amines is 1. The molecule has 3 heteroatoms. The van der Waals surface area contributed by atoms with E-state index in [0.717, 1.165) is 33.5 Å². The number of nitrogens with one attached hydrogen (secondary N) is 1. The van der Waals surface area contributed by atoms with E-state index in [0.29, 0.717) is 0 Å². The topological polar surface area (TPSA) is 28.7 Å². The molecule has 0 radical (unpaired) electrons. The maximum absolute atomic E-state index is 5.03. The minimum absolute atomic E-state index is 0.874. The standard InChI is InChI=1S/C29H17IN2/c30-22-16-17-24-23-8-4-5-9-25(23)27-28(26(24)18-22)32-29(31-27)21-14-12-20(13-15-21)11-10-19-6-2-1-3-7-19/h1-9,12-18H,(H,31,32). The maximum atomic E-state index is 5.03. The van der Waals surface area contributed by atoms with E-state index in [2.05, 4.69) is 106 Å². The molecule has 0 aliphatic rings. The van der Waals surface area contributed by atoms with Crippen molar-refractivity contribution < 1.29 is 0 Å². The number of imidazole rings is 1. The quantitative estimate of drug-likeness (QED) is 0.135. The number of hydrogen-bond donors (Lipinski definition) is 1. The van der Waals surface area contributed by atoms with Gasteiger partial charge in [-0.25, -0.2) is 4.98 Å². The minimum Gasteiger partial charge on any atom is -0.337 e. The first-order valence-electron chi connectivity index (χ1n) is 10.4. The Balaban J connectivity index is 1.48. The van der Waals surface area contributed by atoms with Crippen LogP contribution in [-0.4, -0.2) is 9.97 Å². The van der Waals surface area contributed by atoms with Crippen LogP contribution >= 0.6 is 22.6 Å².